The first-order chi connectivity index (χ1) is 8.56. The van der Waals surface area contributed by atoms with Crippen molar-refractivity contribution < 1.29 is 9.90 Å². The Kier molecular flexibility index (Phi) is 11.3. The lowest BCUT2D eigenvalue weighted by Crippen LogP contribution is -2.43. The number of ketones is 1. The molecule has 0 aromatic carbocycles. The van der Waals surface area contributed by atoms with E-state index in [0.717, 1.165) is 45.6 Å². The van der Waals surface area contributed by atoms with Crippen LogP contribution >= 0.6 is 0 Å². The molecule has 0 rings (SSSR count). The van der Waals surface area contributed by atoms with Crippen LogP contribution in [-0.4, -0.2) is 54.7 Å². The lowest BCUT2D eigenvalue weighted by atomic mass is 10.3. The van der Waals surface area contributed by atoms with E-state index in [1.165, 1.54) is 0 Å². The molecule has 0 heterocycles. The zero-order valence-corrected chi connectivity index (χ0v) is 12.0. The molecule has 0 aromatic rings. The number of carbonyl (C=O) groups is 1. The van der Waals surface area contributed by atoms with Crippen LogP contribution in [0.1, 0.15) is 40.0 Å². The number of Topliss-reactive ketones (excluding diaryl/α,β-unsaturated/α-hetero) is 1. The molecule has 18 heavy (non-hydrogen) atoms. The van der Waals surface area contributed by atoms with E-state index in [1.807, 2.05) is 6.92 Å². The Hall–Kier alpha value is -0.490. The van der Waals surface area contributed by atoms with E-state index in [0.29, 0.717) is 6.42 Å². The fourth-order valence-electron chi connectivity index (χ4n) is 1.57. The molecule has 0 bridgehead atoms. The van der Waals surface area contributed by atoms with Crippen LogP contribution in [0.25, 0.3) is 0 Å². The van der Waals surface area contributed by atoms with Crippen molar-refractivity contribution in [2.45, 2.75) is 46.1 Å². The maximum absolute atomic E-state index is 10.7. The molecule has 1 atom stereocenters. The topological polar surface area (TPSA) is 64.6 Å². The summed E-state index contributed by atoms with van der Waals surface area (Å²) in [6, 6.07) is 0. The van der Waals surface area contributed by atoms with E-state index in [2.05, 4.69) is 22.7 Å². The summed E-state index contributed by atoms with van der Waals surface area (Å²) < 4.78 is 0. The van der Waals surface area contributed by atoms with Gasteiger partial charge in [0.25, 0.3) is 0 Å². The van der Waals surface area contributed by atoms with Gasteiger partial charge in [-0.25, -0.2) is 5.01 Å². The Morgan fingerprint density at radius 1 is 1.28 bits per heavy atom. The van der Waals surface area contributed by atoms with Gasteiger partial charge in [-0.2, -0.15) is 0 Å². The van der Waals surface area contributed by atoms with Gasteiger partial charge in [0.05, 0.1) is 6.10 Å². The van der Waals surface area contributed by atoms with E-state index in [1.54, 1.807) is 6.92 Å². The number of aliphatic hydroxyl groups is 1. The third-order valence-corrected chi connectivity index (χ3v) is 2.60. The molecule has 0 aliphatic carbocycles. The Labute approximate surface area is 111 Å². The quantitative estimate of drug-likeness (QED) is 0.353. The summed E-state index contributed by atoms with van der Waals surface area (Å²) in [5, 5.41) is 14.6. The minimum atomic E-state index is -0.250. The van der Waals surface area contributed by atoms with E-state index in [4.69, 9.17) is 0 Å². The second-order valence-electron chi connectivity index (χ2n) is 4.73. The smallest absolute Gasteiger partial charge is 0.131 e. The van der Waals surface area contributed by atoms with Gasteiger partial charge >= 0.3 is 0 Å². The monoisotopic (exact) mass is 259 g/mol. The van der Waals surface area contributed by atoms with Crippen LogP contribution in [0.15, 0.2) is 0 Å². The normalized spacial score (nSPS) is 12.9. The number of hydrogen-bond acceptors (Lipinski definition) is 5. The van der Waals surface area contributed by atoms with Gasteiger partial charge in [0.1, 0.15) is 5.78 Å². The molecule has 0 aliphatic heterocycles. The molecule has 0 spiro atoms. The number of hydrazine groups is 1. The number of nitrogens with zero attached hydrogens (tertiary/aromatic N) is 1. The fourth-order valence-corrected chi connectivity index (χ4v) is 1.57. The predicted octanol–water partition coefficient (Wildman–Crippen LogP) is 0.543. The molecule has 0 fully saturated rings. The second kappa shape index (κ2) is 11.6. The number of rotatable bonds is 12. The standard InChI is InChI=1S/C13H29N3O2/c1-4-10-16(11-6-13(3)18)15-9-8-14-7-5-12(2)17/h13-15,18H,4-11H2,1-3H3. The van der Waals surface area contributed by atoms with E-state index >= 15 is 0 Å². The number of hydrogen-bond donors (Lipinski definition) is 3. The Morgan fingerprint density at radius 3 is 2.56 bits per heavy atom. The van der Waals surface area contributed by atoms with Crippen molar-refractivity contribution >= 4 is 5.78 Å². The van der Waals surface area contributed by atoms with Gasteiger partial charge in [-0.15, -0.1) is 0 Å². The summed E-state index contributed by atoms with van der Waals surface area (Å²) >= 11 is 0. The highest BCUT2D eigenvalue weighted by molar-refractivity contribution is 5.75. The molecule has 1 unspecified atom stereocenters. The molecule has 0 amide bonds. The SMILES string of the molecule is CCCN(CCC(C)O)NCCNCCC(C)=O. The molecule has 5 heteroatoms. The zero-order valence-electron chi connectivity index (χ0n) is 12.0. The van der Waals surface area contributed by atoms with Crippen molar-refractivity contribution in [2.75, 3.05) is 32.7 Å². The minimum absolute atomic E-state index is 0.222. The van der Waals surface area contributed by atoms with Crippen LogP contribution in [0.4, 0.5) is 0 Å². The molecular formula is C13H29N3O2. The average molecular weight is 259 g/mol. The van der Waals surface area contributed by atoms with Crippen molar-refractivity contribution in [1.82, 2.24) is 15.8 Å². The van der Waals surface area contributed by atoms with Crippen molar-refractivity contribution in [2.24, 2.45) is 0 Å². The molecule has 5 nitrogen and oxygen atoms in total. The van der Waals surface area contributed by atoms with E-state index in [9.17, 15) is 9.90 Å². The molecule has 3 N–H and O–H groups in total. The van der Waals surface area contributed by atoms with Crippen molar-refractivity contribution in [3.05, 3.63) is 0 Å². The van der Waals surface area contributed by atoms with E-state index in [-0.39, 0.29) is 11.9 Å². The largest absolute Gasteiger partial charge is 0.393 e. The highest BCUT2D eigenvalue weighted by Crippen LogP contribution is 1.94. The summed E-state index contributed by atoms with van der Waals surface area (Å²) in [6.45, 7) is 9.85. The van der Waals surface area contributed by atoms with Gasteiger partial charge in [-0.3, -0.25) is 10.2 Å². The highest BCUT2D eigenvalue weighted by atomic mass is 16.3. The third-order valence-electron chi connectivity index (χ3n) is 2.60. The lowest BCUT2D eigenvalue weighted by Gasteiger charge is -2.23. The third kappa shape index (κ3) is 12.0. The second-order valence-corrected chi connectivity index (χ2v) is 4.73. The summed E-state index contributed by atoms with van der Waals surface area (Å²) in [6.07, 6.45) is 2.22. The fraction of sp³-hybridized carbons (Fsp3) is 0.923. The first kappa shape index (κ1) is 17.5. The maximum atomic E-state index is 10.7. The first-order valence-corrected chi connectivity index (χ1v) is 6.93. The summed E-state index contributed by atoms with van der Waals surface area (Å²) in [5.74, 6) is 0.222. The Balaban J connectivity index is 3.53. The molecule has 0 radical (unpaired) electrons. The van der Waals surface area contributed by atoms with Gasteiger partial charge < -0.3 is 10.4 Å². The van der Waals surface area contributed by atoms with Gasteiger partial charge in [0.15, 0.2) is 0 Å². The highest BCUT2D eigenvalue weighted by Gasteiger charge is 2.04. The summed E-state index contributed by atoms with van der Waals surface area (Å²) in [7, 11) is 0. The molecule has 0 saturated heterocycles. The molecule has 0 saturated carbocycles. The minimum Gasteiger partial charge on any atom is -0.393 e. The van der Waals surface area contributed by atoms with Crippen LogP contribution in [-0.2, 0) is 4.79 Å². The van der Waals surface area contributed by atoms with Gasteiger partial charge in [-0.1, -0.05) is 6.92 Å². The Bertz CT molecular complexity index is 210. The van der Waals surface area contributed by atoms with Gasteiger partial charge in [0, 0.05) is 39.1 Å². The Morgan fingerprint density at radius 2 is 2.00 bits per heavy atom. The molecule has 108 valence electrons. The van der Waals surface area contributed by atoms with Crippen LogP contribution in [0, 0.1) is 0 Å². The first-order valence-electron chi connectivity index (χ1n) is 6.93. The van der Waals surface area contributed by atoms with Crippen LogP contribution in [0.5, 0.6) is 0 Å². The zero-order chi connectivity index (χ0) is 13.8. The van der Waals surface area contributed by atoms with Crippen molar-refractivity contribution in [3.63, 3.8) is 0 Å². The van der Waals surface area contributed by atoms with Crippen molar-refractivity contribution in [1.29, 1.82) is 0 Å². The number of nitrogens with one attached hydrogen (secondary N) is 2. The van der Waals surface area contributed by atoms with Crippen LogP contribution in [0.3, 0.4) is 0 Å². The van der Waals surface area contributed by atoms with Crippen LogP contribution < -0.4 is 10.7 Å². The molecular weight excluding hydrogens is 230 g/mol. The summed E-state index contributed by atoms with van der Waals surface area (Å²) in [4.78, 5) is 10.7. The average Bonchev–Trinajstić information content (AvgIpc) is 2.29. The van der Waals surface area contributed by atoms with Gasteiger partial charge in [-0.05, 0) is 26.7 Å². The van der Waals surface area contributed by atoms with E-state index < -0.39 is 0 Å². The number of carbonyl (C=O) groups excluding carboxylic acids is 1. The number of aliphatic hydroxyl groups excluding tert-OH is 1. The van der Waals surface area contributed by atoms with Crippen LogP contribution in [0.2, 0.25) is 0 Å². The maximum Gasteiger partial charge on any atom is 0.131 e. The van der Waals surface area contributed by atoms with Crippen molar-refractivity contribution in [3.8, 4) is 0 Å². The summed E-state index contributed by atoms with van der Waals surface area (Å²) in [5.41, 5.74) is 3.34. The predicted molar refractivity (Wildman–Crippen MR) is 74.3 cm³/mol. The lowest BCUT2D eigenvalue weighted by molar-refractivity contribution is -0.116. The molecule has 0 aliphatic rings. The molecule has 0 aromatic heterocycles. The van der Waals surface area contributed by atoms with Gasteiger partial charge in [0.2, 0.25) is 0 Å².